The Morgan fingerprint density at radius 1 is 1.17 bits per heavy atom. The van der Waals surface area contributed by atoms with Crippen LogP contribution in [0.25, 0.3) is 11.0 Å². The van der Waals surface area contributed by atoms with Gasteiger partial charge in [0.15, 0.2) is 0 Å². The summed E-state index contributed by atoms with van der Waals surface area (Å²) < 4.78 is 8.14. The number of hydrogen-bond acceptors (Lipinski definition) is 3. The van der Waals surface area contributed by atoms with Crippen LogP contribution in [0.15, 0.2) is 49.1 Å². The number of fused-ring (bicyclic) bond motifs is 1. The van der Waals surface area contributed by atoms with Gasteiger partial charge in [-0.2, -0.15) is 0 Å². The maximum atomic E-state index is 6.05. The van der Waals surface area contributed by atoms with E-state index >= 15 is 0 Å². The molecule has 1 heterocycles. The third-order valence-corrected chi connectivity index (χ3v) is 3.96. The minimum absolute atomic E-state index is 0.396. The number of rotatable bonds is 5. The lowest BCUT2D eigenvalue weighted by Gasteiger charge is -2.12. The summed E-state index contributed by atoms with van der Waals surface area (Å²) in [4.78, 5) is 4.67. The van der Waals surface area contributed by atoms with E-state index in [1.54, 1.807) is 0 Å². The number of nitrogens with zero attached hydrogens (tertiary/aromatic N) is 2. The number of nitrogen functional groups attached to an aromatic ring is 1. The predicted molar refractivity (Wildman–Crippen MR) is 94.6 cm³/mol. The summed E-state index contributed by atoms with van der Waals surface area (Å²) in [6, 6.07) is 12.0. The first-order valence-corrected chi connectivity index (χ1v) is 7.65. The Morgan fingerprint density at radius 3 is 2.57 bits per heavy atom. The molecule has 0 aliphatic carbocycles. The number of ether oxygens (including phenoxy) is 1. The third kappa shape index (κ3) is 2.80. The number of aromatic nitrogens is 2. The van der Waals surface area contributed by atoms with Gasteiger partial charge in [0.05, 0.1) is 11.2 Å². The zero-order valence-electron chi connectivity index (χ0n) is 13.5. The number of hydrogen-bond donors (Lipinski definition) is 1. The van der Waals surface area contributed by atoms with Crippen molar-refractivity contribution in [3.63, 3.8) is 0 Å². The Kier molecular flexibility index (Phi) is 4.06. The Labute approximate surface area is 136 Å². The average Bonchev–Trinajstić information content (AvgIpc) is 2.87. The van der Waals surface area contributed by atoms with E-state index in [4.69, 9.17) is 10.5 Å². The molecule has 0 fully saturated rings. The van der Waals surface area contributed by atoms with Gasteiger partial charge in [-0.05, 0) is 37.1 Å². The van der Waals surface area contributed by atoms with Crippen molar-refractivity contribution in [1.29, 1.82) is 0 Å². The van der Waals surface area contributed by atoms with Crippen LogP contribution < -0.4 is 10.5 Å². The predicted octanol–water partition coefficient (Wildman–Crippen LogP) is 4.00. The zero-order chi connectivity index (χ0) is 16.4. The van der Waals surface area contributed by atoms with Crippen molar-refractivity contribution < 1.29 is 4.74 Å². The minimum Gasteiger partial charge on any atom is -0.485 e. The highest BCUT2D eigenvalue weighted by molar-refractivity contribution is 5.87. The molecule has 0 unspecified atom stereocenters. The summed E-state index contributed by atoms with van der Waals surface area (Å²) in [5, 5.41) is 0. The Hall–Kier alpha value is -2.75. The number of benzene rings is 2. The maximum absolute atomic E-state index is 6.05. The molecule has 0 amide bonds. The standard InChI is InChI=1S/C19H21N3O/c1-4-11-22-16-10-6-9-15(20)18(16)21-17(22)12-23-19-13(2)7-5-8-14(19)3/h4-10H,1,11-12,20H2,2-3H3. The molecule has 4 heteroatoms. The van der Waals surface area contributed by atoms with Crippen LogP contribution in [0.1, 0.15) is 17.0 Å². The van der Waals surface area contributed by atoms with Gasteiger partial charge in [-0.1, -0.05) is 30.3 Å². The van der Waals surface area contributed by atoms with E-state index in [-0.39, 0.29) is 0 Å². The SMILES string of the molecule is C=CCn1c(COc2c(C)cccc2C)nc2c(N)cccc21. The number of anilines is 1. The van der Waals surface area contributed by atoms with E-state index in [0.717, 1.165) is 33.7 Å². The zero-order valence-corrected chi connectivity index (χ0v) is 13.5. The molecule has 118 valence electrons. The van der Waals surface area contributed by atoms with Gasteiger partial charge in [-0.3, -0.25) is 0 Å². The summed E-state index contributed by atoms with van der Waals surface area (Å²) in [5.41, 5.74) is 10.8. The van der Waals surface area contributed by atoms with Gasteiger partial charge in [0.2, 0.25) is 0 Å². The largest absolute Gasteiger partial charge is 0.485 e. The fraction of sp³-hybridized carbons (Fsp3) is 0.211. The topological polar surface area (TPSA) is 53.1 Å². The number of nitrogens with two attached hydrogens (primary N) is 1. The highest BCUT2D eigenvalue weighted by Gasteiger charge is 2.13. The molecule has 3 aromatic rings. The molecule has 1 aromatic heterocycles. The lowest BCUT2D eigenvalue weighted by Crippen LogP contribution is -2.07. The second-order valence-corrected chi connectivity index (χ2v) is 5.65. The molecule has 23 heavy (non-hydrogen) atoms. The summed E-state index contributed by atoms with van der Waals surface area (Å²) >= 11 is 0. The molecule has 0 aliphatic heterocycles. The van der Waals surface area contributed by atoms with Gasteiger partial charge in [0.25, 0.3) is 0 Å². The van der Waals surface area contributed by atoms with E-state index < -0.39 is 0 Å². The Bertz CT molecular complexity index is 844. The minimum atomic E-state index is 0.396. The molecular formula is C19H21N3O. The molecule has 0 aliphatic rings. The van der Waals surface area contributed by atoms with Crippen LogP contribution in [0.4, 0.5) is 5.69 Å². The molecule has 0 bridgehead atoms. The van der Waals surface area contributed by atoms with Gasteiger partial charge in [0.1, 0.15) is 23.7 Å². The molecule has 4 nitrogen and oxygen atoms in total. The normalized spacial score (nSPS) is 10.9. The number of imidazole rings is 1. The van der Waals surface area contributed by atoms with Gasteiger partial charge >= 0.3 is 0 Å². The van der Waals surface area contributed by atoms with E-state index in [1.165, 1.54) is 0 Å². The van der Waals surface area contributed by atoms with E-state index in [2.05, 4.69) is 16.1 Å². The van der Waals surface area contributed by atoms with E-state index in [9.17, 15) is 0 Å². The van der Waals surface area contributed by atoms with Crippen LogP contribution in [-0.4, -0.2) is 9.55 Å². The van der Waals surface area contributed by atoms with Crippen LogP contribution in [0, 0.1) is 13.8 Å². The second kappa shape index (κ2) is 6.16. The quantitative estimate of drug-likeness (QED) is 0.572. The van der Waals surface area contributed by atoms with Crippen molar-refractivity contribution in [3.05, 3.63) is 66.0 Å². The first-order chi connectivity index (χ1) is 11.1. The average molecular weight is 307 g/mol. The number of aryl methyl sites for hydroxylation is 2. The first kappa shape index (κ1) is 15.2. The van der Waals surface area contributed by atoms with Crippen LogP contribution in [0.2, 0.25) is 0 Å². The van der Waals surface area contributed by atoms with Crippen molar-refractivity contribution in [1.82, 2.24) is 9.55 Å². The maximum Gasteiger partial charge on any atom is 0.148 e. The molecule has 0 radical (unpaired) electrons. The van der Waals surface area contributed by atoms with Gasteiger partial charge in [-0.15, -0.1) is 6.58 Å². The van der Waals surface area contributed by atoms with Crippen molar-refractivity contribution in [2.45, 2.75) is 27.0 Å². The molecule has 0 spiro atoms. The monoisotopic (exact) mass is 307 g/mol. The van der Waals surface area contributed by atoms with Crippen molar-refractivity contribution in [2.24, 2.45) is 0 Å². The summed E-state index contributed by atoms with van der Waals surface area (Å²) in [6.07, 6.45) is 1.85. The summed E-state index contributed by atoms with van der Waals surface area (Å²) in [7, 11) is 0. The number of para-hydroxylation sites is 2. The molecule has 2 N–H and O–H groups in total. The summed E-state index contributed by atoms with van der Waals surface area (Å²) in [6.45, 7) is 9.00. The molecule has 3 rings (SSSR count). The highest BCUT2D eigenvalue weighted by atomic mass is 16.5. The van der Waals surface area contributed by atoms with Crippen molar-refractivity contribution in [2.75, 3.05) is 5.73 Å². The number of allylic oxidation sites excluding steroid dienone is 1. The van der Waals surface area contributed by atoms with Gasteiger partial charge in [0, 0.05) is 6.54 Å². The fourth-order valence-electron chi connectivity index (χ4n) is 2.82. The Morgan fingerprint density at radius 2 is 1.87 bits per heavy atom. The third-order valence-electron chi connectivity index (χ3n) is 3.96. The van der Waals surface area contributed by atoms with Gasteiger partial charge in [-0.25, -0.2) is 4.98 Å². The highest BCUT2D eigenvalue weighted by Crippen LogP contribution is 2.26. The first-order valence-electron chi connectivity index (χ1n) is 7.65. The lowest BCUT2D eigenvalue weighted by molar-refractivity contribution is 0.287. The molecule has 2 aromatic carbocycles. The molecule has 0 saturated carbocycles. The molecule has 0 atom stereocenters. The van der Waals surface area contributed by atoms with E-state index in [0.29, 0.717) is 18.8 Å². The lowest BCUT2D eigenvalue weighted by atomic mass is 10.1. The smallest absolute Gasteiger partial charge is 0.148 e. The van der Waals surface area contributed by atoms with Crippen LogP contribution in [-0.2, 0) is 13.2 Å². The fourth-order valence-corrected chi connectivity index (χ4v) is 2.82. The Balaban J connectivity index is 1.98. The van der Waals surface area contributed by atoms with Crippen molar-refractivity contribution >= 4 is 16.7 Å². The van der Waals surface area contributed by atoms with Crippen LogP contribution in [0.5, 0.6) is 5.75 Å². The van der Waals surface area contributed by atoms with E-state index in [1.807, 2.05) is 56.3 Å². The van der Waals surface area contributed by atoms with Crippen LogP contribution >= 0.6 is 0 Å². The van der Waals surface area contributed by atoms with Crippen LogP contribution in [0.3, 0.4) is 0 Å². The second-order valence-electron chi connectivity index (χ2n) is 5.65. The van der Waals surface area contributed by atoms with Gasteiger partial charge < -0.3 is 15.0 Å². The summed E-state index contributed by atoms with van der Waals surface area (Å²) in [5.74, 6) is 1.76. The molecular weight excluding hydrogens is 286 g/mol. The van der Waals surface area contributed by atoms with Crippen molar-refractivity contribution in [3.8, 4) is 5.75 Å². The molecule has 0 saturated heterocycles.